The largest absolute Gasteiger partial charge is 0.493 e. The molecule has 1 saturated heterocycles. The fourth-order valence-electron chi connectivity index (χ4n) is 3.30. The third kappa shape index (κ3) is 3.84. The minimum absolute atomic E-state index is 0. The van der Waals surface area contributed by atoms with Crippen molar-refractivity contribution in [2.45, 2.75) is 12.8 Å². The van der Waals surface area contributed by atoms with Crippen molar-refractivity contribution in [1.82, 2.24) is 10.2 Å². The molecule has 0 aliphatic carbocycles. The molecule has 6 heteroatoms. The number of methoxy groups -OCH3 is 1. The lowest BCUT2D eigenvalue weighted by atomic mass is 9.96. The summed E-state index contributed by atoms with van der Waals surface area (Å²) in [5.74, 6) is 2.20. The molecule has 1 N–H and O–H groups in total. The highest BCUT2D eigenvalue weighted by Crippen LogP contribution is 2.35. The molecular formula is C18H25ClN2O3. The summed E-state index contributed by atoms with van der Waals surface area (Å²) in [6.45, 7) is 2.99. The normalized spacial score (nSPS) is 17.2. The summed E-state index contributed by atoms with van der Waals surface area (Å²) >= 11 is 0. The lowest BCUT2D eigenvalue weighted by Gasteiger charge is -2.33. The molecule has 0 saturated carbocycles. The number of hydrogen-bond donors (Lipinski definition) is 1. The van der Waals surface area contributed by atoms with E-state index in [4.69, 9.17) is 9.47 Å². The highest BCUT2D eigenvalue weighted by Gasteiger charge is 2.27. The van der Waals surface area contributed by atoms with E-state index >= 15 is 0 Å². The standard InChI is InChI=1S/C18H24N2O3.ClH/c1-19-11-13-6-8-20(9-7-13)18(21)15-10-14-4-3-5-16(22-2)17(14)23-12-15;/h3-5,10,13,19H,6-9,11-12H2,1-2H3;1H. The summed E-state index contributed by atoms with van der Waals surface area (Å²) in [6, 6.07) is 5.73. The number of para-hydroxylation sites is 1. The maximum atomic E-state index is 12.7. The summed E-state index contributed by atoms with van der Waals surface area (Å²) in [4.78, 5) is 14.7. The van der Waals surface area contributed by atoms with Crippen LogP contribution in [-0.2, 0) is 4.79 Å². The van der Waals surface area contributed by atoms with E-state index in [-0.39, 0.29) is 18.3 Å². The van der Waals surface area contributed by atoms with Gasteiger partial charge in [-0.3, -0.25) is 4.79 Å². The van der Waals surface area contributed by atoms with Crippen LogP contribution in [0.25, 0.3) is 6.08 Å². The van der Waals surface area contributed by atoms with E-state index < -0.39 is 0 Å². The van der Waals surface area contributed by atoms with E-state index in [1.807, 2.05) is 36.2 Å². The zero-order valence-corrected chi connectivity index (χ0v) is 15.0. The minimum atomic E-state index is 0. The zero-order valence-electron chi connectivity index (χ0n) is 14.2. The van der Waals surface area contributed by atoms with Crippen molar-refractivity contribution in [3.8, 4) is 11.5 Å². The molecule has 1 aromatic rings. The van der Waals surface area contributed by atoms with Crippen LogP contribution in [0.3, 0.4) is 0 Å². The van der Waals surface area contributed by atoms with Gasteiger partial charge in [-0.2, -0.15) is 0 Å². The van der Waals surface area contributed by atoms with Crippen molar-refractivity contribution in [2.75, 3.05) is 40.4 Å². The number of carbonyl (C=O) groups excluding carboxylic acids is 1. The van der Waals surface area contributed by atoms with Gasteiger partial charge in [0, 0.05) is 18.7 Å². The molecule has 0 bridgehead atoms. The van der Waals surface area contributed by atoms with Gasteiger partial charge in [0.2, 0.25) is 0 Å². The van der Waals surface area contributed by atoms with E-state index in [9.17, 15) is 4.79 Å². The predicted molar refractivity (Wildman–Crippen MR) is 96.9 cm³/mol. The molecule has 2 aliphatic rings. The smallest absolute Gasteiger partial charge is 0.253 e. The van der Waals surface area contributed by atoms with Gasteiger partial charge in [-0.1, -0.05) is 12.1 Å². The molecule has 0 aromatic heterocycles. The number of carbonyl (C=O) groups is 1. The van der Waals surface area contributed by atoms with Crippen LogP contribution >= 0.6 is 12.4 Å². The Hall–Kier alpha value is -1.72. The monoisotopic (exact) mass is 352 g/mol. The molecule has 0 atom stereocenters. The molecule has 0 unspecified atom stereocenters. The first-order valence-corrected chi connectivity index (χ1v) is 8.17. The second-order valence-corrected chi connectivity index (χ2v) is 6.13. The van der Waals surface area contributed by atoms with E-state index in [2.05, 4.69) is 5.32 Å². The van der Waals surface area contributed by atoms with Crippen LogP contribution in [0.5, 0.6) is 11.5 Å². The number of benzene rings is 1. The van der Waals surface area contributed by atoms with Gasteiger partial charge in [0.1, 0.15) is 6.61 Å². The summed E-state index contributed by atoms with van der Waals surface area (Å²) in [5, 5.41) is 3.22. The van der Waals surface area contributed by atoms with Gasteiger partial charge in [0.15, 0.2) is 11.5 Å². The number of hydrogen-bond acceptors (Lipinski definition) is 4. The fraction of sp³-hybridized carbons (Fsp3) is 0.500. The molecule has 2 aliphatic heterocycles. The Balaban J connectivity index is 0.00000208. The third-order valence-corrected chi connectivity index (χ3v) is 4.60. The van der Waals surface area contributed by atoms with Crippen LogP contribution in [-0.4, -0.2) is 51.2 Å². The Morgan fingerprint density at radius 3 is 2.79 bits per heavy atom. The Kier molecular flexibility index (Phi) is 6.52. The number of halogens is 1. The van der Waals surface area contributed by atoms with Crippen LogP contribution in [0.1, 0.15) is 18.4 Å². The van der Waals surface area contributed by atoms with Gasteiger partial charge in [0.25, 0.3) is 5.91 Å². The lowest BCUT2D eigenvalue weighted by Crippen LogP contribution is -2.42. The Morgan fingerprint density at radius 1 is 1.38 bits per heavy atom. The van der Waals surface area contributed by atoms with Gasteiger partial charge in [-0.05, 0) is 44.5 Å². The minimum Gasteiger partial charge on any atom is -0.493 e. The Morgan fingerprint density at radius 2 is 2.12 bits per heavy atom. The molecule has 1 aromatic carbocycles. The van der Waals surface area contributed by atoms with Crippen LogP contribution in [0, 0.1) is 5.92 Å². The second-order valence-electron chi connectivity index (χ2n) is 6.13. The van der Waals surface area contributed by atoms with Gasteiger partial charge in [0.05, 0.1) is 12.7 Å². The van der Waals surface area contributed by atoms with E-state index in [1.54, 1.807) is 7.11 Å². The van der Waals surface area contributed by atoms with Gasteiger partial charge in [-0.15, -0.1) is 12.4 Å². The number of amides is 1. The van der Waals surface area contributed by atoms with E-state index in [0.717, 1.165) is 49.4 Å². The van der Waals surface area contributed by atoms with Crippen molar-refractivity contribution in [3.63, 3.8) is 0 Å². The number of ether oxygens (including phenoxy) is 2. The number of rotatable bonds is 4. The fourth-order valence-corrected chi connectivity index (χ4v) is 3.30. The first-order chi connectivity index (χ1) is 11.2. The molecule has 1 amide bonds. The molecule has 24 heavy (non-hydrogen) atoms. The van der Waals surface area contributed by atoms with Crippen LogP contribution in [0.15, 0.2) is 23.8 Å². The maximum absolute atomic E-state index is 12.7. The lowest BCUT2D eigenvalue weighted by molar-refractivity contribution is -0.128. The average Bonchev–Trinajstić information content (AvgIpc) is 2.61. The van der Waals surface area contributed by atoms with E-state index in [0.29, 0.717) is 18.3 Å². The molecule has 0 radical (unpaired) electrons. The van der Waals surface area contributed by atoms with Crippen molar-refractivity contribution in [3.05, 3.63) is 29.3 Å². The van der Waals surface area contributed by atoms with Gasteiger partial charge < -0.3 is 19.7 Å². The average molecular weight is 353 g/mol. The zero-order chi connectivity index (χ0) is 16.2. The van der Waals surface area contributed by atoms with Crippen LogP contribution in [0.4, 0.5) is 0 Å². The number of nitrogens with zero attached hydrogens (tertiary/aromatic N) is 1. The van der Waals surface area contributed by atoms with Gasteiger partial charge >= 0.3 is 0 Å². The summed E-state index contributed by atoms with van der Waals surface area (Å²) in [6.07, 6.45) is 4.06. The topological polar surface area (TPSA) is 50.8 Å². The van der Waals surface area contributed by atoms with Crippen LogP contribution < -0.4 is 14.8 Å². The highest BCUT2D eigenvalue weighted by molar-refractivity contribution is 5.99. The first-order valence-electron chi connectivity index (χ1n) is 8.17. The first kappa shape index (κ1) is 18.6. The SMILES string of the molecule is CNCC1CCN(C(=O)C2=Cc3cccc(OC)c3OC2)CC1.Cl. The van der Waals surface area contributed by atoms with E-state index in [1.165, 1.54) is 0 Å². The molecule has 2 heterocycles. The van der Waals surface area contributed by atoms with Crippen LogP contribution in [0.2, 0.25) is 0 Å². The molecule has 3 rings (SSSR count). The second kappa shape index (κ2) is 8.40. The molecule has 5 nitrogen and oxygen atoms in total. The number of likely N-dealkylation sites (tertiary alicyclic amines) is 1. The molecular weight excluding hydrogens is 328 g/mol. The molecule has 132 valence electrons. The summed E-state index contributed by atoms with van der Waals surface area (Å²) in [7, 11) is 3.60. The van der Waals surface area contributed by atoms with Gasteiger partial charge in [-0.25, -0.2) is 0 Å². The number of nitrogens with one attached hydrogen (secondary N) is 1. The summed E-state index contributed by atoms with van der Waals surface area (Å²) in [5.41, 5.74) is 1.63. The number of fused-ring (bicyclic) bond motifs is 1. The van der Waals surface area contributed by atoms with Crippen molar-refractivity contribution < 1.29 is 14.3 Å². The Labute approximate surface area is 149 Å². The summed E-state index contributed by atoms with van der Waals surface area (Å²) < 4.78 is 11.1. The highest BCUT2D eigenvalue weighted by atomic mass is 35.5. The van der Waals surface area contributed by atoms with Crippen molar-refractivity contribution in [2.24, 2.45) is 5.92 Å². The predicted octanol–water partition coefficient (Wildman–Crippen LogP) is 2.35. The molecule has 1 fully saturated rings. The quantitative estimate of drug-likeness (QED) is 0.903. The van der Waals surface area contributed by atoms with Crippen molar-refractivity contribution >= 4 is 24.4 Å². The Bertz CT molecular complexity index is 610. The number of piperidine rings is 1. The third-order valence-electron chi connectivity index (χ3n) is 4.60. The molecule has 0 spiro atoms. The maximum Gasteiger partial charge on any atom is 0.253 e. The van der Waals surface area contributed by atoms with Crippen molar-refractivity contribution in [1.29, 1.82) is 0 Å².